The quantitative estimate of drug-likeness (QED) is 0.154. The van der Waals surface area contributed by atoms with Crippen molar-refractivity contribution in [1.29, 1.82) is 0 Å². The summed E-state index contributed by atoms with van der Waals surface area (Å²) in [5, 5.41) is 14.3. The van der Waals surface area contributed by atoms with E-state index < -0.39 is 11.0 Å². The molecule has 0 radical (unpaired) electrons. The summed E-state index contributed by atoms with van der Waals surface area (Å²) < 4.78 is 11.3. The number of rotatable bonds is 6. The lowest BCUT2D eigenvalue weighted by atomic mass is 10.2. The highest BCUT2D eigenvalue weighted by Gasteiger charge is 2.15. The molecule has 0 bridgehead atoms. The van der Waals surface area contributed by atoms with Gasteiger partial charge >= 0.3 is 6.03 Å². The summed E-state index contributed by atoms with van der Waals surface area (Å²) in [5.74, 6) is 0.679. The van der Waals surface area contributed by atoms with E-state index in [1.807, 2.05) is 0 Å². The molecule has 0 spiro atoms. The minimum atomic E-state index is -0.716. The van der Waals surface area contributed by atoms with Gasteiger partial charge in [-0.2, -0.15) is 4.99 Å². The lowest BCUT2D eigenvalue weighted by Crippen LogP contribution is -2.18. The number of benzene rings is 3. The maximum absolute atomic E-state index is 12.6. The lowest BCUT2D eigenvalue weighted by Gasteiger charge is -2.14. The highest BCUT2D eigenvalue weighted by Crippen LogP contribution is 2.32. The fourth-order valence-corrected chi connectivity index (χ4v) is 3.29. The molecule has 176 valence electrons. The summed E-state index contributed by atoms with van der Waals surface area (Å²) in [6, 6.07) is 14.2. The van der Waals surface area contributed by atoms with E-state index in [9.17, 15) is 14.9 Å². The number of nitrogens with one attached hydrogen (secondary N) is 1. The van der Waals surface area contributed by atoms with Crippen molar-refractivity contribution in [2.24, 2.45) is 4.99 Å². The number of nitro benzene ring substituents is 1. The number of non-ortho nitro benzene ring substituents is 1. The smallest absolute Gasteiger partial charge is 0.348 e. The average Bonchev–Trinajstić information content (AvgIpc) is 2.77. The summed E-state index contributed by atoms with van der Waals surface area (Å²) >= 11 is 18.6. The predicted octanol–water partition coefficient (Wildman–Crippen LogP) is 7.75. The Bertz CT molecular complexity index is 1250. The second-order valence-corrected chi connectivity index (χ2v) is 8.39. The third-order valence-electron chi connectivity index (χ3n) is 4.17. The first-order valence-corrected chi connectivity index (χ1v) is 11.0. The molecule has 0 fully saturated rings. The number of ether oxygens (including phenoxy) is 2. The van der Waals surface area contributed by atoms with Gasteiger partial charge in [-0.3, -0.25) is 10.1 Å². The van der Waals surface area contributed by atoms with Crippen LogP contribution in [0.2, 0.25) is 15.1 Å². The maximum atomic E-state index is 12.6. The van der Waals surface area contributed by atoms with E-state index in [1.165, 1.54) is 30.3 Å². The molecule has 0 aliphatic carbocycles. The number of nitro groups is 1. The molecular formula is C23H18Cl3N3O5. The number of hydrogen-bond donors (Lipinski definition) is 1. The van der Waals surface area contributed by atoms with Crippen molar-refractivity contribution in [2.45, 2.75) is 20.0 Å². The van der Waals surface area contributed by atoms with E-state index in [2.05, 4.69) is 10.3 Å². The largest absolute Gasteiger partial charge is 0.474 e. The van der Waals surface area contributed by atoms with Gasteiger partial charge in [0.25, 0.3) is 5.69 Å². The van der Waals surface area contributed by atoms with Gasteiger partial charge in [0.15, 0.2) is 0 Å². The van der Waals surface area contributed by atoms with Crippen LogP contribution in [0.3, 0.4) is 0 Å². The second-order valence-electron chi connectivity index (χ2n) is 7.14. The standard InChI is InChI=1S/C23H18Cl3N3O5/c1-13(2)33-22(18-11-14(24)3-9-19(18)25)28-23(30)27-15-4-10-21(20(26)12-15)34-17-7-5-16(6-8-17)29(31)32/h3-13H,1-2H3,(H,27,30). The number of amides is 2. The van der Waals surface area contributed by atoms with Crippen LogP contribution in [0, 0.1) is 10.1 Å². The second kappa shape index (κ2) is 11.2. The van der Waals surface area contributed by atoms with Gasteiger partial charge < -0.3 is 14.8 Å². The minimum Gasteiger partial charge on any atom is -0.474 e. The normalized spacial score (nSPS) is 11.3. The summed E-state index contributed by atoms with van der Waals surface area (Å²) in [6.45, 7) is 3.57. The van der Waals surface area contributed by atoms with Crippen LogP contribution in [0.25, 0.3) is 0 Å². The monoisotopic (exact) mass is 521 g/mol. The molecule has 0 unspecified atom stereocenters. The Morgan fingerprint density at radius 1 is 1.00 bits per heavy atom. The van der Waals surface area contributed by atoms with Gasteiger partial charge in [0.1, 0.15) is 11.5 Å². The van der Waals surface area contributed by atoms with Crippen LogP contribution < -0.4 is 10.1 Å². The van der Waals surface area contributed by atoms with Gasteiger partial charge in [-0.05, 0) is 62.4 Å². The zero-order chi connectivity index (χ0) is 24.8. The number of hydrogen-bond acceptors (Lipinski definition) is 5. The molecule has 2 amide bonds. The van der Waals surface area contributed by atoms with Gasteiger partial charge in [-0.15, -0.1) is 0 Å². The first-order valence-electron chi connectivity index (χ1n) is 9.86. The number of urea groups is 1. The van der Waals surface area contributed by atoms with Crippen LogP contribution in [-0.2, 0) is 4.74 Å². The first-order chi connectivity index (χ1) is 16.1. The topological polar surface area (TPSA) is 103 Å². The van der Waals surface area contributed by atoms with Gasteiger partial charge in [0.2, 0.25) is 5.90 Å². The summed E-state index contributed by atoms with van der Waals surface area (Å²) in [6.07, 6.45) is -0.271. The molecule has 0 saturated carbocycles. The minimum absolute atomic E-state index is 0.0178. The van der Waals surface area contributed by atoms with Crippen molar-refractivity contribution in [2.75, 3.05) is 5.32 Å². The van der Waals surface area contributed by atoms with Crippen LogP contribution in [0.15, 0.2) is 65.7 Å². The maximum Gasteiger partial charge on any atom is 0.348 e. The number of carbonyl (C=O) groups excluding carboxylic acids is 1. The third-order valence-corrected chi connectivity index (χ3v) is 5.03. The Hall–Kier alpha value is -3.33. The predicted molar refractivity (Wildman–Crippen MR) is 133 cm³/mol. The van der Waals surface area contributed by atoms with Crippen LogP contribution in [-0.4, -0.2) is 23.0 Å². The van der Waals surface area contributed by atoms with Gasteiger partial charge in [0, 0.05) is 22.8 Å². The average molecular weight is 523 g/mol. The van der Waals surface area contributed by atoms with Crippen molar-refractivity contribution in [3.05, 3.63) is 91.4 Å². The van der Waals surface area contributed by atoms with Gasteiger partial charge in [0.05, 0.1) is 26.6 Å². The summed E-state index contributed by atoms with van der Waals surface area (Å²) in [7, 11) is 0. The van der Waals surface area contributed by atoms with Crippen molar-refractivity contribution in [1.82, 2.24) is 0 Å². The van der Waals surface area contributed by atoms with E-state index in [0.717, 1.165) is 0 Å². The van der Waals surface area contributed by atoms with Crippen molar-refractivity contribution >= 4 is 58.1 Å². The fraction of sp³-hybridized carbons (Fsp3) is 0.130. The van der Waals surface area contributed by atoms with Gasteiger partial charge in [-0.1, -0.05) is 34.8 Å². The van der Waals surface area contributed by atoms with Crippen molar-refractivity contribution in [3.63, 3.8) is 0 Å². The van der Waals surface area contributed by atoms with Crippen LogP contribution in [0.4, 0.5) is 16.2 Å². The zero-order valence-corrected chi connectivity index (χ0v) is 20.2. The first kappa shape index (κ1) is 25.3. The summed E-state index contributed by atoms with van der Waals surface area (Å²) in [5.41, 5.74) is 0.677. The number of aliphatic imine (C=N–C) groups is 1. The lowest BCUT2D eigenvalue weighted by molar-refractivity contribution is -0.384. The molecule has 0 aromatic heterocycles. The van der Waals surface area contributed by atoms with Crippen LogP contribution >= 0.6 is 34.8 Å². The Balaban J connectivity index is 1.76. The fourth-order valence-electron chi connectivity index (χ4n) is 2.70. The van der Waals surface area contributed by atoms with Crippen LogP contribution in [0.1, 0.15) is 19.4 Å². The molecule has 0 aliphatic rings. The van der Waals surface area contributed by atoms with E-state index >= 15 is 0 Å². The number of anilines is 1. The number of carbonyl (C=O) groups is 1. The SMILES string of the molecule is CC(C)OC(=NC(=O)Nc1ccc(Oc2ccc([N+](=O)[O-])cc2)c(Cl)c1)c1cc(Cl)ccc1Cl. The Labute approximate surface area is 210 Å². The van der Waals surface area contributed by atoms with E-state index in [-0.39, 0.29) is 22.7 Å². The van der Waals surface area contributed by atoms with Gasteiger partial charge in [-0.25, -0.2) is 4.79 Å². The molecule has 0 saturated heterocycles. The highest BCUT2D eigenvalue weighted by molar-refractivity contribution is 6.36. The Morgan fingerprint density at radius 2 is 1.71 bits per heavy atom. The molecule has 1 N–H and O–H groups in total. The molecule has 3 aromatic carbocycles. The molecule has 34 heavy (non-hydrogen) atoms. The van der Waals surface area contributed by atoms with E-state index in [1.54, 1.807) is 44.2 Å². The molecule has 0 aliphatic heterocycles. The number of halogens is 3. The molecule has 0 atom stereocenters. The molecule has 11 heteroatoms. The number of nitrogens with zero attached hydrogens (tertiary/aromatic N) is 2. The molecule has 3 aromatic rings. The zero-order valence-electron chi connectivity index (χ0n) is 17.9. The van der Waals surface area contributed by atoms with Crippen LogP contribution in [0.5, 0.6) is 11.5 Å². The molecule has 0 heterocycles. The summed E-state index contributed by atoms with van der Waals surface area (Å²) in [4.78, 5) is 26.8. The third kappa shape index (κ3) is 6.84. The molecular weight excluding hydrogens is 505 g/mol. The molecule has 8 nitrogen and oxygen atoms in total. The molecule has 3 rings (SSSR count). The Kier molecular flexibility index (Phi) is 8.33. The van der Waals surface area contributed by atoms with Crippen molar-refractivity contribution < 1.29 is 19.2 Å². The van der Waals surface area contributed by atoms with E-state index in [0.29, 0.717) is 32.8 Å². The van der Waals surface area contributed by atoms with E-state index in [4.69, 9.17) is 44.3 Å². The van der Waals surface area contributed by atoms with Crippen molar-refractivity contribution in [3.8, 4) is 11.5 Å². The highest BCUT2D eigenvalue weighted by atomic mass is 35.5. The Morgan fingerprint density at radius 3 is 2.32 bits per heavy atom.